The van der Waals surface area contributed by atoms with Gasteiger partial charge in [-0.25, -0.2) is 0 Å². The molecule has 1 unspecified atom stereocenters. The molecule has 0 radical (unpaired) electrons. The van der Waals surface area contributed by atoms with Crippen LogP contribution in [0.2, 0.25) is 0 Å². The number of carbonyl (C=O) groups excluding carboxylic acids is 2. The number of nitrogens with one attached hydrogen (secondary N) is 2. The minimum Gasteiger partial charge on any atom is -0.338 e. The number of aromatic nitrogens is 1. The van der Waals surface area contributed by atoms with Crippen LogP contribution in [0.15, 0.2) is 42.7 Å². The number of anilines is 1. The Morgan fingerprint density at radius 2 is 2.00 bits per heavy atom. The van der Waals surface area contributed by atoms with Crippen molar-refractivity contribution in [2.45, 2.75) is 19.8 Å². The number of amides is 2. The van der Waals surface area contributed by atoms with Crippen LogP contribution in [0.4, 0.5) is 5.69 Å². The van der Waals surface area contributed by atoms with Crippen LogP contribution in [-0.4, -0.2) is 48.4 Å². The predicted molar refractivity (Wildman–Crippen MR) is 106 cm³/mol. The highest BCUT2D eigenvalue weighted by atomic mass is 16.2. The Bertz CT molecular complexity index is 805. The molecule has 0 aliphatic carbocycles. The van der Waals surface area contributed by atoms with Crippen molar-refractivity contribution in [2.75, 3.05) is 32.0 Å². The van der Waals surface area contributed by atoms with Crippen molar-refractivity contribution < 1.29 is 9.59 Å². The summed E-state index contributed by atoms with van der Waals surface area (Å²) in [5.74, 6) is 0.198. The Morgan fingerprint density at radius 3 is 2.74 bits per heavy atom. The Hall–Kier alpha value is -2.73. The summed E-state index contributed by atoms with van der Waals surface area (Å²) < 4.78 is 0. The first kappa shape index (κ1) is 19.0. The SMILES string of the molecule is CNCC1CCCN(C(=O)c2cccc(C)c2NC(=O)c2ccncc2)C1. The molecule has 1 aromatic carbocycles. The molecule has 1 saturated heterocycles. The van der Waals surface area contributed by atoms with Gasteiger partial charge in [-0.1, -0.05) is 12.1 Å². The highest BCUT2D eigenvalue weighted by Crippen LogP contribution is 2.25. The van der Waals surface area contributed by atoms with Crippen LogP contribution in [0.3, 0.4) is 0 Å². The van der Waals surface area contributed by atoms with Gasteiger partial charge in [-0.05, 0) is 63.0 Å². The number of carbonyl (C=O) groups is 2. The first-order valence-electron chi connectivity index (χ1n) is 9.35. The molecular formula is C21H26N4O2. The van der Waals surface area contributed by atoms with E-state index in [1.807, 2.05) is 31.0 Å². The molecule has 0 spiro atoms. The lowest BCUT2D eigenvalue weighted by Gasteiger charge is -2.33. The number of pyridine rings is 1. The van der Waals surface area contributed by atoms with Gasteiger partial charge in [0.05, 0.1) is 11.3 Å². The van der Waals surface area contributed by atoms with Gasteiger partial charge in [-0.2, -0.15) is 0 Å². The van der Waals surface area contributed by atoms with E-state index < -0.39 is 0 Å². The van der Waals surface area contributed by atoms with Gasteiger partial charge in [0.1, 0.15) is 0 Å². The maximum atomic E-state index is 13.2. The lowest BCUT2D eigenvalue weighted by Crippen LogP contribution is -2.42. The Morgan fingerprint density at radius 1 is 1.22 bits per heavy atom. The molecule has 0 bridgehead atoms. The highest BCUT2D eigenvalue weighted by Gasteiger charge is 2.26. The van der Waals surface area contributed by atoms with E-state index in [0.717, 1.165) is 38.0 Å². The molecule has 2 amide bonds. The van der Waals surface area contributed by atoms with Crippen molar-refractivity contribution in [3.05, 3.63) is 59.4 Å². The fourth-order valence-electron chi connectivity index (χ4n) is 3.58. The summed E-state index contributed by atoms with van der Waals surface area (Å²) in [5.41, 5.74) is 2.51. The smallest absolute Gasteiger partial charge is 0.255 e. The largest absolute Gasteiger partial charge is 0.338 e. The molecule has 3 rings (SSSR count). The number of piperidine rings is 1. The van der Waals surface area contributed by atoms with Crippen LogP contribution in [0.25, 0.3) is 0 Å². The second-order valence-electron chi connectivity index (χ2n) is 7.00. The van der Waals surface area contributed by atoms with E-state index in [4.69, 9.17) is 0 Å². The molecule has 0 saturated carbocycles. The topological polar surface area (TPSA) is 74.3 Å². The van der Waals surface area contributed by atoms with Gasteiger partial charge in [0, 0.05) is 31.0 Å². The Labute approximate surface area is 160 Å². The maximum absolute atomic E-state index is 13.2. The van der Waals surface area contributed by atoms with Gasteiger partial charge in [0.25, 0.3) is 11.8 Å². The predicted octanol–water partition coefficient (Wildman–Crippen LogP) is 2.71. The molecule has 1 aliphatic heterocycles. The van der Waals surface area contributed by atoms with E-state index in [2.05, 4.69) is 15.6 Å². The molecule has 27 heavy (non-hydrogen) atoms. The molecule has 6 heteroatoms. The van der Waals surface area contributed by atoms with E-state index in [1.54, 1.807) is 30.6 Å². The third kappa shape index (κ3) is 4.52. The minimum atomic E-state index is -0.243. The van der Waals surface area contributed by atoms with E-state index >= 15 is 0 Å². The molecule has 6 nitrogen and oxygen atoms in total. The van der Waals surface area contributed by atoms with Crippen molar-refractivity contribution in [3.8, 4) is 0 Å². The summed E-state index contributed by atoms with van der Waals surface area (Å²) in [4.78, 5) is 31.6. The number of hydrogen-bond donors (Lipinski definition) is 2. The fraction of sp³-hybridized carbons (Fsp3) is 0.381. The summed E-state index contributed by atoms with van der Waals surface area (Å²) >= 11 is 0. The van der Waals surface area contributed by atoms with E-state index in [9.17, 15) is 9.59 Å². The number of para-hydroxylation sites is 1. The first-order chi connectivity index (χ1) is 13.1. The summed E-state index contributed by atoms with van der Waals surface area (Å²) in [6.07, 6.45) is 5.29. The van der Waals surface area contributed by atoms with Crippen molar-refractivity contribution in [3.63, 3.8) is 0 Å². The third-order valence-corrected chi connectivity index (χ3v) is 4.98. The van der Waals surface area contributed by atoms with Crippen LogP contribution in [0.1, 0.15) is 39.1 Å². The maximum Gasteiger partial charge on any atom is 0.255 e. The van der Waals surface area contributed by atoms with Gasteiger partial charge >= 0.3 is 0 Å². The van der Waals surface area contributed by atoms with Gasteiger partial charge in [0.2, 0.25) is 0 Å². The molecule has 1 aliphatic rings. The molecule has 1 aromatic heterocycles. The lowest BCUT2D eigenvalue weighted by molar-refractivity contribution is 0.0675. The summed E-state index contributed by atoms with van der Waals surface area (Å²) in [6.45, 7) is 4.30. The summed E-state index contributed by atoms with van der Waals surface area (Å²) in [7, 11) is 1.94. The summed E-state index contributed by atoms with van der Waals surface area (Å²) in [5, 5.41) is 6.13. The third-order valence-electron chi connectivity index (χ3n) is 4.98. The van der Waals surface area contributed by atoms with E-state index in [-0.39, 0.29) is 11.8 Å². The van der Waals surface area contributed by atoms with Crippen LogP contribution < -0.4 is 10.6 Å². The zero-order valence-corrected chi connectivity index (χ0v) is 15.9. The number of rotatable bonds is 5. The van der Waals surface area contributed by atoms with Gasteiger partial charge in [0.15, 0.2) is 0 Å². The Kier molecular flexibility index (Phi) is 6.19. The molecule has 2 N–H and O–H groups in total. The zero-order valence-electron chi connectivity index (χ0n) is 15.9. The highest BCUT2D eigenvalue weighted by molar-refractivity contribution is 6.09. The molecule has 1 atom stereocenters. The lowest BCUT2D eigenvalue weighted by atomic mass is 9.96. The number of aryl methyl sites for hydroxylation is 1. The monoisotopic (exact) mass is 366 g/mol. The fourth-order valence-corrected chi connectivity index (χ4v) is 3.58. The standard InChI is InChI=1S/C21H26N4O2/c1-15-5-3-7-18(19(15)24-20(26)17-8-10-23-11-9-17)21(27)25-12-4-6-16(14-25)13-22-2/h3,5,7-11,16,22H,4,6,12-14H2,1-2H3,(H,24,26). The van der Waals surface area contributed by atoms with Crippen molar-refractivity contribution in [1.29, 1.82) is 0 Å². The summed E-state index contributed by atoms with van der Waals surface area (Å²) in [6, 6.07) is 8.86. The van der Waals surface area contributed by atoms with Gasteiger partial charge in [-0.3, -0.25) is 14.6 Å². The average molecular weight is 366 g/mol. The van der Waals surface area contributed by atoms with E-state index in [1.165, 1.54) is 0 Å². The number of likely N-dealkylation sites (tertiary alicyclic amines) is 1. The molecular weight excluding hydrogens is 340 g/mol. The second kappa shape index (κ2) is 8.77. The van der Waals surface area contributed by atoms with Crippen LogP contribution in [-0.2, 0) is 0 Å². The van der Waals surface area contributed by atoms with Gasteiger partial charge in [-0.15, -0.1) is 0 Å². The Balaban J connectivity index is 1.82. The first-order valence-corrected chi connectivity index (χ1v) is 9.35. The van der Waals surface area contributed by atoms with Crippen molar-refractivity contribution in [1.82, 2.24) is 15.2 Å². The van der Waals surface area contributed by atoms with Crippen molar-refractivity contribution in [2.24, 2.45) is 5.92 Å². The second-order valence-corrected chi connectivity index (χ2v) is 7.00. The average Bonchev–Trinajstić information content (AvgIpc) is 2.70. The zero-order chi connectivity index (χ0) is 19.2. The normalized spacial score (nSPS) is 16.8. The molecule has 1 fully saturated rings. The molecule has 2 aromatic rings. The molecule has 142 valence electrons. The van der Waals surface area contributed by atoms with E-state index in [0.29, 0.717) is 22.7 Å². The minimum absolute atomic E-state index is 0.0236. The number of hydrogen-bond acceptors (Lipinski definition) is 4. The molecule has 2 heterocycles. The van der Waals surface area contributed by atoms with Crippen LogP contribution in [0, 0.1) is 12.8 Å². The van der Waals surface area contributed by atoms with Crippen LogP contribution in [0.5, 0.6) is 0 Å². The van der Waals surface area contributed by atoms with Gasteiger partial charge < -0.3 is 15.5 Å². The number of nitrogens with zero attached hydrogens (tertiary/aromatic N) is 2. The van der Waals surface area contributed by atoms with Crippen molar-refractivity contribution >= 4 is 17.5 Å². The number of benzene rings is 1. The quantitative estimate of drug-likeness (QED) is 0.853. The van der Waals surface area contributed by atoms with Crippen LogP contribution >= 0.6 is 0 Å².